The van der Waals surface area contributed by atoms with Crippen molar-refractivity contribution >= 4 is 115 Å². The topological polar surface area (TPSA) is 352 Å². The van der Waals surface area contributed by atoms with E-state index in [0.717, 1.165) is 165 Å². The average molecular weight is 2060 g/mol. The third-order valence-corrected chi connectivity index (χ3v) is 28.7. The van der Waals surface area contributed by atoms with Crippen LogP contribution in [-0.4, -0.2) is 184 Å². The van der Waals surface area contributed by atoms with Crippen molar-refractivity contribution < 1.29 is 166 Å². The van der Waals surface area contributed by atoms with Gasteiger partial charge in [-0.05, 0) is 220 Å². The Morgan fingerprint density at radius 2 is 0.664 bits per heavy atom. The molecule has 6 atom stereocenters. The summed E-state index contributed by atoms with van der Waals surface area (Å²) in [6.07, 6.45) is -1.05. The Hall–Kier alpha value is -12.0. The van der Waals surface area contributed by atoms with Gasteiger partial charge in [-0.2, -0.15) is 26.3 Å². The van der Waals surface area contributed by atoms with Crippen LogP contribution >= 0.6 is 34.8 Å². The van der Waals surface area contributed by atoms with Crippen molar-refractivity contribution in [1.29, 1.82) is 0 Å². The van der Waals surface area contributed by atoms with Crippen LogP contribution in [0.15, 0.2) is 164 Å². The zero-order chi connectivity index (χ0) is 101. The van der Waals surface area contributed by atoms with Crippen molar-refractivity contribution in [2.45, 2.75) is 146 Å². The molecular weight excluding hydrogens is 1960 g/mol. The number of nitrogens with zero attached hydrogens (tertiary/aromatic N) is 9. The Morgan fingerprint density at radius 1 is 0.399 bits per heavy atom. The Balaban J connectivity index is 0.000000150. The second-order valence-electron chi connectivity index (χ2n) is 36.6. The second-order valence-corrected chi connectivity index (χ2v) is 37.9. The molecule has 3 saturated heterocycles. The fourth-order valence-corrected chi connectivity index (χ4v) is 20.8. The summed E-state index contributed by atoms with van der Waals surface area (Å²) in [4.78, 5) is 75.2. The summed E-state index contributed by atoms with van der Waals surface area (Å²) in [5.41, 5.74) is 10.3. The smallest absolute Gasteiger partial charge is 0.870 e. The van der Waals surface area contributed by atoms with Crippen molar-refractivity contribution in [2.75, 3.05) is 102 Å². The zero-order valence-electron chi connectivity index (χ0n) is 78.6. The van der Waals surface area contributed by atoms with E-state index < -0.39 is 71.0 Å². The van der Waals surface area contributed by atoms with Gasteiger partial charge in [0.15, 0.2) is 34.5 Å². The monoisotopic (exact) mass is 2060 g/mol. The van der Waals surface area contributed by atoms with Crippen LogP contribution in [-0.2, 0) is 65.5 Å². The van der Waals surface area contributed by atoms with Gasteiger partial charge in [-0.15, -0.1) is 0 Å². The van der Waals surface area contributed by atoms with Gasteiger partial charge < -0.3 is 102 Å². The number of carboxylic acids is 4. The Bertz CT molecular complexity index is 6590. The number of alkyl halides is 6. The molecule has 42 heteroatoms. The van der Waals surface area contributed by atoms with Crippen LogP contribution in [0.4, 0.5) is 56.6 Å². The quantitative estimate of drug-likeness (QED) is 0.0295. The molecule has 3 aromatic heterocycles. The number of carboxylic acid groups (broad SMARTS) is 4. The fourth-order valence-electron chi connectivity index (χ4n) is 20.3. The third-order valence-electron chi connectivity index (χ3n) is 28.0. The molecule has 0 amide bonds. The van der Waals surface area contributed by atoms with Crippen molar-refractivity contribution in [3.05, 3.63) is 247 Å². The number of anilines is 3. The van der Waals surface area contributed by atoms with Gasteiger partial charge in [0.25, 0.3) is 17.4 Å². The van der Waals surface area contributed by atoms with Gasteiger partial charge in [0, 0.05) is 134 Å². The molecule has 21 rings (SSSR count). The van der Waals surface area contributed by atoms with E-state index in [1.807, 2.05) is 66.7 Å². The molecule has 143 heavy (non-hydrogen) atoms. The number of aromatic nitrogens is 6. The maximum Gasteiger partial charge on any atom is 1.00 e. The summed E-state index contributed by atoms with van der Waals surface area (Å²) >= 11 is 17.9. The minimum absolute atomic E-state index is 0. The number of esters is 1. The number of hydrogen-bond acceptors (Lipinski definition) is 22. The normalized spacial score (nSPS) is 20.7. The van der Waals surface area contributed by atoms with Crippen LogP contribution in [0, 0.1) is 33.7 Å². The Kier molecular flexibility index (Phi) is 30.4. The van der Waals surface area contributed by atoms with E-state index in [1.54, 1.807) is 121 Å². The first kappa shape index (κ1) is 105. The van der Waals surface area contributed by atoms with Crippen molar-refractivity contribution in [3.8, 4) is 34.5 Å². The molecular formula is C101H98Cl3F9N9NaO20. The van der Waals surface area contributed by atoms with Crippen LogP contribution < -0.4 is 72.7 Å². The number of aliphatic carboxylic acids is 2. The van der Waals surface area contributed by atoms with Crippen LogP contribution in [0.2, 0.25) is 15.1 Å². The van der Waals surface area contributed by atoms with Crippen LogP contribution in [0.5, 0.6) is 34.5 Å². The first-order valence-electron chi connectivity index (χ1n) is 45.3. The summed E-state index contributed by atoms with van der Waals surface area (Å²) in [6, 6.07) is 46.8. The van der Waals surface area contributed by atoms with Crippen molar-refractivity contribution in [2.24, 2.45) is 16.2 Å². The van der Waals surface area contributed by atoms with Crippen molar-refractivity contribution in [1.82, 2.24) is 28.7 Å². The number of piperidine rings is 3. The molecule has 0 radical (unpaired) electrons. The second kappa shape index (κ2) is 41.3. The molecule has 29 nitrogen and oxygen atoms in total. The molecule has 3 saturated carbocycles. The Labute approximate surface area is 850 Å². The van der Waals surface area contributed by atoms with Gasteiger partial charge in [0.05, 0.1) is 110 Å². The number of fused-ring (bicyclic) bond motifs is 6. The van der Waals surface area contributed by atoms with E-state index >= 15 is 0 Å². The molecule has 752 valence electrons. The van der Waals surface area contributed by atoms with Crippen LogP contribution in [0.25, 0.3) is 33.1 Å². The minimum Gasteiger partial charge on any atom is -0.870 e. The number of hydrogen-bond donors (Lipinski definition) is 4. The minimum atomic E-state index is -5.08. The number of imidazole rings is 3. The number of carbonyl (C=O) groups is 5. The van der Waals surface area contributed by atoms with Gasteiger partial charge in [-0.1, -0.05) is 53.0 Å². The van der Waals surface area contributed by atoms with Gasteiger partial charge in [0.2, 0.25) is 0 Å². The molecule has 3 spiro atoms. The summed E-state index contributed by atoms with van der Waals surface area (Å²) in [5, 5.41) is 34.3. The average Bonchev–Trinajstić information content (AvgIpc) is 1.56. The standard InChI is InChI=1S/C33H33ClFN3O5.2C32H31ClFN3O5.2C2HF3O2.Na.H2O/c1-32(22-9-8-21(34)18-24(22)35)42-28-6-4-5-26(29(28)43-32)37-13-11-33(12-14-37)19-23(33)30-36-25-10-7-20(31(39)41-3)17-27(25)38(30)15-16-40-2;2*1-31(21-8-7-20(33)17-23(21)34)41-27-5-3-4-25(28(27)42-31)36-12-10-32(11-13-36)18-22(32)29-35-24-9-6-19(30(38)39)16-26(24)37(29)14-15-40-2;2*3-2(4,5)1(6)7;;/h4-10,17-18,23H,11-16,19H2,1-3H3;2*3-9,16-17,22H,10-15,18H2,1-2H3,(H,38,39);2*(H,6,7);;1H2/q;;;;;+1;/p-1. The molecule has 3 aliphatic carbocycles. The molecule has 12 aromatic rings. The molecule has 6 unspecified atom stereocenters. The molecule has 9 aromatic carbocycles. The first-order chi connectivity index (χ1) is 67.1. The van der Waals surface area contributed by atoms with E-state index in [-0.39, 0.29) is 68.4 Å². The van der Waals surface area contributed by atoms with E-state index in [1.165, 1.54) is 25.3 Å². The number of methoxy groups -OCH3 is 4. The maximum atomic E-state index is 14.8. The van der Waals surface area contributed by atoms with Crippen molar-refractivity contribution in [3.63, 3.8) is 0 Å². The van der Waals surface area contributed by atoms with E-state index in [4.69, 9.17) is 117 Å². The first-order valence-corrected chi connectivity index (χ1v) is 46.5. The number of carbonyl (C=O) groups excluding carboxylic acids is 1. The number of benzene rings is 9. The summed E-state index contributed by atoms with van der Waals surface area (Å²) in [7, 11) is 6.41. The SMILES string of the molecule is COCCn1c(C2CC23CCN(c2cccc4c2OC(C)(c2ccc(Cl)cc2F)O4)CC3)nc2ccc(C(=O)O)cc21.COCCn1c(C2CC23CCN(c2cccc4c2OC(C)(c2ccc(Cl)cc2F)O4)CC3)nc2ccc(C(=O)O)cc21.COCCn1c(C2CC23CCN(c2cccc4c2OC(C)(c2ccc(Cl)cc2F)O4)CC3)nc2ccc(C(=O)OC)cc21.O=C(O)C(F)(F)F.O=C(O)C(F)(F)F.[Na+].[OH-]. The molecule has 9 heterocycles. The largest absolute Gasteiger partial charge is 1.00 e. The molecule has 0 bridgehead atoms. The predicted octanol–water partition coefficient (Wildman–Crippen LogP) is 18.0. The summed E-state index contributed by atoms with van der Waals surface area (Å²) in [6.45, 7) is 13.7. The van der Waals surface area contributed by atoms with Gasteiger partial charge in [-0.3, -0.25) is 0 Å². The number of rotatable bonds is 21. The Morgan fingerprint density at radius 3 is 0.909 bits per heavy atom. The number of aromatic carboxylic acids is 2. The molecule has 6 fully saturated rings. The van der Waals surface area contributed by atoms with E-state index in [0.29, 0.717) is 129 Å². The van der Waals surface area contributed by atoms with E-state index in [9.17, 15) is 64.1 Å². The van der Waals surface area contributed by atoms with Crippen LogP contribution in [0.3, 0.4) is 0 Å². The summed E-state index contributed by atoms with van der Waals surface area (Å²) < 4.78 is 173. The molecule has 5 N–H and O–H groups in total. The third kappa shape index (κ3) is 21.2. The molecule has 6 aliphatic heterocycles. The maximum absolute atomic E-state index is 14.8. The van der Waals surface area contributed by atoms with E-state index in [2.05, 4.69) is 28.4 Å². The summed E-state index contributed by atoms with van der Waals surface area (Å²) in [5.74, 6) is -5.45. The predicted molar refractivity (Wildman–Crippen MR) is 502 cm³/mol. The van der Waals surface area contributed by atoms with Gasteiger partial charge in [0.1, 0.15) is 34.9 Å². The fraction of sp³-hybridized carbons (Fsp3) is 0.386. The number of para-hydroxylation sites is 3. The zero-order valence-corrected chi connectivity index (χ0v) is 82.9. The van der Waals surface area contributed by atoms with Gasteiger partial charge in [-0.25, -0.2) is 52.1 Å². The number of halogens is 12. The number of ether oxygens (including phenoxy) is 10. The van der Waals surface area contributed by atoms with Gasteiger partial charge >= 0.3 is 71.8 Å². The van der Waals surface area contributed by atoms with Crippen LogP contribution in [0.1, 0.15) is 162 Å². The molecule has 9 aliphatic rings.